The van der Waals surface area contributed by atoms with Gasteiger partial charge in [0.25, 0.3) is 0 Å². The van der Waals surface area contributed by atoms with E-state index < -0.39 is 17.3 Å². The fourth-order valence-electron chi connectivity index (χ4n) is 2.90. The molecule has 116 valence electrons. The van der Waals surface area contributed by atoms with Crippen LogP contribution < -0.4 is 5.32 Å². The highest BCUT2D eigenvalue weighted by Gasteiger charge is 2.41. The fourth-order valence-corrected chi connectivity index (χ4v) is 3.23. The van der Waals surface area contributed by atoms with Gasteiger partial charge in [-0.25, -0.2) is 9.18 Å². The molecule has 1 aliphatic rings. The number of benzene rings is 1. The number of nitrogens with one attached hydrogen (secondary N) is 1. The molecule has 1 aliphatic carbocycles. The van der Waals surface area contributed by atoms with Crippen molar-refractivity contribution in [3.63, 3.8) is 0 Å². The molecule has 1 fully saturated rings. The first kappa shape index (κ1) is 16.4. The normalized spacial score (nSPS) is 18.5. The first-order valence-corrected chi connectivity index (χ1v) is 8.17. The van der Waals surface area contributed by atoms with Crippen LogP contribution in [0.2, 0.25) is 0 Å². The van der Waals surface area contributed by atoms with Gasteiger partial charge in [0.15, 0.2) is 0 Å². The van der Waals surface area contributed by atoms with Crippen LogP contribution in [0.1, 0.15) is 45.1 Å². The lowest BCUT2D eigenvalue weighted by Gasteiger charge is -2.32. The Morgan fingerprint density at radius 1 is 1.48 bits per heavy atom. The van der Waals surface area contributed by atoms with E-state index in [0.717, 1.165) is 25.7 Å². The van der Waals surface area contributed by atoms with Crippen LogP contribution in [-0.2, 0) is 15.1 Å². The molecule has 1 aromatic rings. The standard InChI is InChI=1S/C16H21BrFNO2/c1-3-21-15(20)16(2,19-12-6-4-5-7-12)13-9-8-11(17)10-14(13)18/h8-10,12,19H,3-7H2,1-2H3. The van der Waals surface area contributed by atoms with Gasteiger partial charge in [-0.05, 0) is 38.8 Å². The van der Waals surface area contributed by atoms with E-state index in [9.17, 15) is 9.18 Å². The van der Waals surface area contributed by atoms with E-state index in [4.69, 9.17) is 4.74 Å². The Balaban J connectivity index is 2.35. The third-order valence-electron chi connectivity index (χ3n) is 4.00. The molecule has 0 heterocycles. The largest absolute Gasteiger partial charge is 0.464 e. The molecular formula is C16H21BrFNO2. The zero-order chi connectivity index (χ0) is 15.5. The Hall–Kier alpha value is -0.940. The number of esters is 1. The lowest BCUT2D eigenvalue weighted by atomic mass is 9.90. The van der Waals surface area contributed by atoms with Gasteiger partial charge in [0.2, 0.25) is 0 Å². The van der Waals surface area contributed by atoms with Gasteiger partial charge in [0.1, 0.15) is 11.4 Å². The van der Waals surface area contributed by atoms with Crippen molar-refractivity contribution in [1.29, 1.82) is 0 Å². The first-order chi connectivity index (χ1) is 9.97. The van der Waals surface area contributed by atoms with Gasteiger partial charge in [0, 0.05) is 16.1 Å². The van der Waals surface area contributed by atoms with Gasteiger partial charge in [-0.15, -0.1) is 0 Å². The van der Waals surface area contributed by atoms with Crippen LogP contribution in [0.4, 0.5) is 4.39 Å². The van der Waals surface area contributed by atoms with Crippen LogP contribution in [0.3, 0.4) is 0 Å². The van der Waals surface area contributed by atoms with Crippen molar-refractivity contribution in [2.24, 2.45) is 0 Å². The molecule has 0 spiro atoms. The SMILES string of the molecule is CCOC(=O)C(C)(NC1CCCC1)c1ccc(Br)cc1F. The minimum atomic E-state index is -1.16. The van der Waals surface area contributed by atoms with E-state index in [1.807, 2.05) is 0 Å². The van der Waals surface area contributed by atoms with Crippen molar-refractivity contribution < 1.29 is 13.9 Å². The molecule has 5 heteroatoms. The summed E-state index contributed by atoms with van der Waals surface area (Å²) in [5.41, 5.74) is -0.827. The minimum Gasteiger partial charge on any atom is -0.464 e. The van der Waals surface area contributed by atoms with Crippen molar-refractivity contribution in [2.75, 3.05) is 6.61 Å². The van der Waals surface area contributed by atoms with Gasteiger partial charge in [0.05, 0.1) is 6.61 Å². The number of ether oxygens (including phenoxy) is 1. The summed E-state index contributed by atoms with van der Waals surface area (Å²) < 4.78 is 20.2. The first-order valence-electron chi connectivity index (χ1n) is 7.38. The van der Waals surface area contributed by atoms with E-state index in [1.54, 1.807) is 26.0 Å². The monoisotopic (exact) mass is 357 g/mol. The number of hydrogen-bond acceptors (Lipinski definition) is 3. The highest BCUT2D eigenvalue weighted by molar-refractivity contribution is 9.10. The van der Waals surface area contributed by atoms with Crippen LogP contribution in [0.25, 0.3) is 0 Å². The Labute approximate surface area is 133 Å². The lowest BCUT2D eigenvalue weighted by molar-refractivity contribution is -0.151. The third kappa shape index (κ3) is 3.64. The molecular weight excluding hydrogens is 337 g/mol. The van der Waals surface area contributed by atoms with Crippen LogP contribution in [0.15, 0.2) is 22.7 Å². The van der Waals surface area contributed by atoms with Gasteiger partial charge in [-0.1, -0.05) is 34.8 Å². The highest BCUT2D eigenvalue weighted by Crippen LogP contribution is 2.30. The quantitative estimate of drug-likeness (QED) is 0.812. The highest BCUT2D eigenvalue weighted by atomic mass is 79.9. The summed E-state index contributed by atoms with van der Waals surface area (Å²) in [5.74, 6) is -0.844. The fraction of sp³-hybridized carbons (Fsp3) is 0.562. The summed E-state index contributed by atoms with van der Waals surface area (Å²) in [6, 6.07) is 4.98. The van der Waals surface area contributed by atoms with Crippen molar-refractivity contribution in [2.45, 2.75) is 51.1 Å². The van der Waals surface area contributed by atoms with Gasteiger partial charge >= 0.3 is 5.97 Å². The maximum Gasteiger partial charge on any atom is 0.330 e. The second-order valence-electron chi connectivity index (χ2n) is 5.60. The molecule has 0 aromatic heterocycles. The van der Waals surface area contributed by atoms with Crippen molar-refractivity contribution in [3.8, 4) is 0 Å². The smallest absolute Gasteiger partial charge is 0.330 e. The molecule has 0 aliphatic heterocycles. The Bertz CT molecular complexity index is 517. The summed E-state index contributed by atoms with van der Waals surface area (Å²) in [7, 11) is 0. The molecule has 21 heavy (non-hydrogen) atoms. The lowest BCUT2D eigenvalue weighted by Crippen LogP contribution is -2.52. The number of carbonyl (C=O) groups is 1. The minimum absolute atomic E-state index is 0.224. The zero-order valence-electron chi connectivity index (χ0n) is 12.4. The second-order valence-corrected chi connectivity index (χ2v) is 6.51. The van der Waals surface area contributed by atoms with Crippen LogP contribution in [0.5, 0.6) is 0 Å². The Morgan fingerprint density at radius 2 is 2.14 bits per heavy atom. The summed E-state index contributed by atoms with van der Waals surface area (Å²) >= 11 is 3.24. The van der Waals surface area contributed by atoms with Gasteiger partial charge in [-0.3, -0.25) is 5.32 Å². The van der Waals surface area contributed by atoms with Crippen molar-refractivity contribution in [3.05, 3.63) is 34.1 Å². The maximum atomic E-state index is 14.3. The topological polar surface area (TPSA) is 38.3 Å². The molecule has 0 bridgehead atoms. The van der Waals surface area contributed by atoms with E-state index in [1.165, 1.54) is 6.07 Å². The summed E-state index contributed by atoms with van der Waals surface area (Å²) in [6.07, 6.45) is 4.29. The number of hydrogen-bond donors (Lipinski definition) is 1. The molecule has 1 atom stereocenters. The summed E-state index contributed by atoms with van der Waals surface area (Å²) in [5, 5.41) is 3.32. The average molecular weight is 358 g/mol. The van der Waals surface area contributed by atoms with Gasteiger partial charge in [-0.2, -0.15) is 0 Å². The average Bonchev–Trinajstić information content (AvgIpc) is 2.91. The number of halogens is 2. The van der Waals surface area contributed by atoms with E-state index in [0.29, 0.717) is 10.0 Å². The number of rotatable bonds is 5. The van der Waals surface area contributed by atoms with E-state index >= 15 is 0 Å². The Morgan fingerprint density at radius 3 is 2.71 bits per heavy atom. The van der Waals surface area contributed by atoms with Crippen LogP contribution in [0, 0.1) is 5.82 Å². The van der Waals surface area contributed by atoms with Crippen molar-refractivity contribution >= 4 is 21.9 Å². The molecule has 0 amide bonds. The molecule has 2 rings (SSSR count). The van der Waals surface area contributed by atoms with E-state index in [-0.39, 0.29) is 12.6 Å². The van der Waals surface area contributed by atoms with E-state index in [2.05, 4.69) is 21.2 Å². The zero-order valence-corrected chi connectivity index (χ0v) is 14.0. The molecule has 1 unspecified atom stereocenters. The maximum absolute atomic E-state index is 14.3. The van der Waals surface area contributed by atoms with Crippen LogP contribution >= 0.6 is 15.9 Å². The molecule has 1 aromatic carbocycles. The Kier molecular flexibility index (Phi) is 5.38. The summed E-state index contributed by atoms with van der Waals surface area (Å²) in [6.45, 7) is 3.74. The molecule has 0 radical (unpaired) electrons. The molecule has 0 saturated heterocycles. The molecule has 1 N–H and O–H groups in total. The predicted octanol–water partition coefficient (Wildman–Crippen LogP) is 3.90. The second kappa shape index (κ2) is 6.88. The van der Waals surface area contributed by atoms with Gasteiger partial charge < -0.3 is 4.74 Å². The third-order valence-corrected chi connectivity index (χ3v) is 4.49. The van der Waals surface area contributed by atoms with Crippen molar-refractivity contribution in [1.82, 2.24) is 5.32 Å². The predicted molar refractivity (Wildman–Crippen MR) is 83.5 cm³/mol. The number of carbonyl (C=O) groups excluding carboxylic acids is 1. The summed E-state index contributed by atoms with van der Waals surface area (Å²) in [4.78, 5) is 12.4. The van der Waals surface area contributed by atoms with Crippen LogP contribution in [-0.4, -0.2) is 18.6 Å². The molecule has 1 saturated carbocycles. The molecule has 3 nitrogen and oxygen atoms in total.